The van der Waals surface area contributed by atoms with Crippen LogP contribution in [-0.2, 0) is 16.6 Å². The maximum atomic E-state index is 11.5. The molecule has 101 valence electrons. The van der Waals surface area contributed by atoms with E-state index in [2.05, 4.69) is 6.07 Å². The van der Waals surface area contributed by atoms with Crippen molar-refractivity contribution >= 4 is 10.0 Å². The van der Waals surface area contributed by atoms with Crippen molar-refractivity contribution in [3.63, 3.8) is 0 Å². The van der Waals surface area contributed by atoms with Crippen LogP contribution in [0.4, 0.5) is 0 Å². The third kappa shape index (κ3) is 4.64. The maximum absolute atomic E-state index is 11.5. The number of nitrogens with zero attached hydrogens (tertiary/aromatic N) is 1. The minimum Gasteiger partial charge on any atom is -0.494 e. The van der Waals surface area contributed by atoms with E-state index in [0.29, 0.717) is 25.3 Å². The Balaban J connectivity index is 2.38. The molecule has 1 aromatic carbocycles. The fraction of sp³-hybridized carbons (Fsp3) is 0.500. The Labute approximate surface area is 109 Å². The van der Waals surface area contributed by atoms with Crippen molar-refractivity contribution in [2.45, 2.75) is 13.0 Å². The van der Waals surface area contributed by atoms with Crippen LogP contribution in [0.15, 0.2) is 18.2 Å². The van der Waals surface area contributed by atoms with Gasteiger partial charge in [0.2, 0.25) is 10.0 Å². The number of sulfonamides is 1. The van der Waals surface area contributed by atoms with E-state index < -0.39 is 10.0 Å². The predicted octanol–water partition coefficient (Wildman–Crippen LogP) is 0.606. The number of benzene rings is 1. The van der Waals surface area contributed by atoms with Crippen molar-refractivity contribution in [1.82, 2.24) is 4.31 Å². The molecule has 0 saturated carbocycles. The molecule has 2 N–H and O–H groups in total. The van der Waals surface area contributed by atoms with Gasteiger partial charge in [-0.1, -0.05) is 6.07 Å². The highest BCUT2D eigenvalue weighted by Crippen LogP contribution is 2.12. The monoisotopic (exact) mass is 271 g/mol. The molecule has 0 aliphatic carbocycles. The summed E-state index contributed by atoms with van der Waals surface area (Å²) in [4.78, 5) is 0. The van der Waals surface area contributed by atoms with E-state index in [4.69, 9.17) is 10.5 Å². The average molecular weight is 271 g/mol. The van der Waals surface area contributed by atoms with E-state index in [0.717, 1.165) is 5.56 Å². The van der Waals surface area contributed by atoms with Gasteiger partial charge in [0.25, 0.3) is 0 Å². The van der Waals surface area contributed by atoms with Gasteiger partial charge >= 0.3 is 0 Å². The van der Waals surface area contributed by atoms with Crippen molar-refractivity contribution < 1.29 is 13.2 Å². The van der Waals surface area contributed by atoms with Crippen molar-refractivity contribution in [2.75, 3.05) is 26.5 Å². The second kappa shape index (κ2) is 6.72. The number of hydrogen-bond donors (Lipinski definition) is 1. The Kier molecular flexibility index (Phi) is 5.58. The second-order valence-corrected chi connectivity index (χ2v) is 6.36. The van der Waals surface area contributed by atoms with Crippen LogP contribution in [0.3, 0.4) is 0 Å². The van der Waals surface area contributed by atoms with E-state index in [1.54, 1.807) is 18.2 Å². The molecule has 0 aromatic heterocycles. The van der Waals surface area contributed by atoms with E-state index in [9.17, 15) is 8.42 Å². The molecule has 0 aliphatic rings. The van der Waals surface area contributed by atoms with Gasteiger partial charge in [-0.3, -0.25) is 0 Å². The van der Waals surface area contributed by atoms with Gasteiger partial charge in [0.05, 0.1) is 12.4 Å². The van der Waals surface area contributed by atoms with Crippen LogP contribution in [-0.4, -0.2) is 39.2 Å². The SMILES string of the molecule is CN(C)S(=O)(=O)CCCOc1cc[c]c(CN)c1. The second-order valence-electron chi connectivity index (χ2n) is 4.05. The molecule has 0 aliphatic heterocycles. The quantitative estimate of drug-likeness (QED) is 0.737. The highest BCUT2D eigenvalue weighted by Gasteiger charge is 2.12. The number of rotatable bonds is 7. The van der Waals surface area contributed by atoms with Gasteiger partial charge in [0.15, 0.2) is 0 Å². The van der Waals surface area contributed by atoms with Crippen molar-refractivity contribution in [3.05, 3.63) is 29.8 Å². The molecule has 0 bridgehead atoms. The third-order valence-electron chi connectivity index (χ3n) is 2.42. The lowest BCUT2D eigenvalue weighted by Gasteiger charge is -2.11. The molecule has 0 atom stereocenters. The zero-order valence-corrected chi connectivity index (χ0v) is 11.5. The molecular weight excluding hydrogens is 252 g/mol. The summed E-state index contributed by atoms with van der Waals surface area (Å²) < 4.78 is 29.7. The summed E-state index contributed by atoms with van der Waals surface area (Å²) in [6.07, 6.45) is 0.455. The summed E-state index contributed by atoms with van der Waals surface area (Å²) in [5.74, 6) is 0.777. The Bertz CT molecular complexity index is 472. The molecule has 1 aromatic rings. The summed E-state index contributed by atoms with van der Waals surface area (Å²) >= 11 is 0. The topological polar surface area (TPSA) is 72.6 Å². The number of ether oxygens (including phenoxy) is 1. The van der Waals surface area contributed by atoms with Crippen molar-refractivity contribution in [1.29, 1.82) is 0 Å². The van der Waals surface area contributed by atoms with Gasteiger partial charge in [-0.25, -0.2) is 12.7 Å². The highest BCUT2D eigenvalue weighted by atomic mass is 32.2. The van der Waals surface area contributed by atoms with Crippen molar-refractivity contribution in [2.24, 2.45) is 5.73 Å². The Morgan fingerprint density at radius 1 is 1.44 bits per heavy atom. The van der Waals surface area contributed by atoms with Crippen LogP contribution in [0.25, 0.3) is 0 Å². The van der Waals surface area contributed by atoms with Gasteiger partial charge in [-0.05, 0) is 30.2 Å². The van der Waals surface area contributed by atoms with Crippen LogP contribution in [0.1, 0.15) is 12.0 Å². The average Bonchev–Trinajstić information content (AvgIpc) is 2.35. The summed E-state index contributed by atoms with van der Waals surface area (Å²) in [5, 5.41) is 0. The first-order chi connectivity index (χ1) is 8.45. The summed E-state index contributed by atoms with van der Waals surface area (Å²) in [7, 11) is -0.0892. The largest absolute Gasteiger partial charge is 0.494 e. The van der Waals surface area contributed by atoms with E-state index in [1.807, 2.05) is 0 Å². The normalized spacial score (nSPS) is 11.8. The predicted molar refractivity (Wildman–Crippen MR) is 70.8 cm³/mol. The first kappa shape index (κ1) is 14.9. The van der Waals surface area contributed by atoms with Gasteiger partial charge in [-0.15, -0.1) is 0 Å². The minimum atomic E-state index is -3.14. The van der Waals surface area contributed by atoms with Crippen LogP contribution in [0, 0.1) is 6.07 Å². The van der Waals surface area contributed by atoms with Crippen molar-refractivity contribution in [3.8, 4) is 5.75 Å². The van der Waals surface area contributed by atoms with Crippen LogP contribution in [0.2, 0.25) is 0 Å². The molecule has 0 amide bonds. The van der Waals surface area contributed by atoms with Crippen LogP contribution in [0.5, 0.6) is 5.75 Å². The van der Waals surface area contributed by atoms with Crippen LogP contribution < -0.4 is 10.5 Å². The third-order valence-corrected chi connectivity index (χ3v) is 4.34. The molecule has 6 heteroatoms. The first-order valence-electron chi connectivity index (χ1n) is 5.69. The Hall–Kier alpha value is -1.11. The molecule has 0 saturated heterocycles. The summed E-state index contributed by atoms with van der Waals surface area (Å²) in [5.41, 5.74) is 6.36. The smallest absolute Gasteiger partial charge is 0.213 e. The maximum Gasteiger partial charge on any atom is 0.213 e. The molecule has 1 rings (SSSR count). The zero-order valence-electron chi connectivity index (χ0n) is 10.7. The summed E-state index contributed by atoms with van der Waals surface area (Å²) in [6, 6.07) is 8.31. The Morgan fingerprint density at radius 3 is 2.78 bits per heavy atom. The fourth-order valence-corrected chi connectivity index (χ4v) is 2.16. The lowest BCUT2D eigenvalue weighted by atomic mass is 10.2. The lowest BCUT2D eigenvalue weighted by molar-refractivity contribution is 0.316. The standard InChI is InChI=1S/C12H19N2O3S/c1-14(2)18(15,16)8-4-7-17-12-6-3-5-11(9-12)10-13/h3,6,9H,4,7-8,10,13H2,1-2H3. The van der Waals surface area contributed by atoms with Crippen LogP contribution >= 0.6 is 0 Å². The molecule has 5 nitrogen and oxygen atoms in total. The Morgan fingerprint density at radius 2 is 2.17 bits per heavy atom. The van der Waals surface area contributed by atoms with E-state index in [1.165, 1.54) is 18.4 Å². The van der Waals surface area contributed by atoms with E-state index >= 15 is 0 Å². The number of nitrogens with two attached hydrogens (primary N) is 1. The lowest BCUT2D eigenvalue weighted by Crippen LogP contribution is -2.25. The molecular formula is C12H19N2O3S. The zero-order chi connectivity index (χ0) is 13.6. The molecule has 0 unspecified atom stereocenters. The van der Waals surface area contributed by atoms with Gasteiger partial charge in [-0.2, -0.15) is 0 Å². The summed E-state index contributed by atoms with van der Waals surface area (Å²) in [6.45, 7) is 0.771. The molecule has 18 heavy (non-hydrogen) atoms. The molecule has 0 fully saturated rings. The first-order valence-corrected chi connectivity index (χ1v) is 7.30. The van der Waals surface area contributed by atoms with Gasteiger partial charge in [0.1, 0.15) is 5.75 Å². The fourth-order valence-electron chi connectivity index (χ4n) is 1.31. The van der Waals surface area contributed by atoms with Gasteiger partial charge < -0.3 is 10.5 Å². The number of hydrogen-bond acceptors (Lipinski definition) is 4. The van der Waals surface area contributed by atoms with Gasteiger partial charge in [0, 0.05) is 20.6 Å². The molecule has 1 radical (unpaired) electrons. The molecule has 0 heterocycles. The minimum absolute atomic E-state index is 0.0860. The highest BCUT2D eigenvalue weighted by molar-refractivity contribution is 7.89. The molecule has 0 spiro atoms. The van der Waals surface area contributed by atoms with E-state index in [-0.39, 0.29) is 5.75 Å².